The maximum atomic E-state index is 11.2. The van der Waals surface area contributed by atoms with Gasteiger partial charge in [0.1, 0.15) is 6.10 Å². The van der Waals surface area contributed by atoms with Gasteiger partial charge in [0.15, 0.2) is 0 Å². The molecule has 0 amide bonds. The average molecular weight is 256 g/mol. The van der Waals surface area contributed by atoms with Crippen LogP contribution in [0.3, 0.4) is 0 Å². The molecule has 0 aromatic heterocycles. The predicted octanol–water partition coefficient (Wildman–Crippen LogP) is 3.83. The SMILES string of the molecule is COC(=O)OC1CC(C)(C)C=C1C[Si](C)(C)C. The van der Waals surface area contributed by atoms with Crippen molar-refractivity contribution < 1.29 is 14.3 Å². The van der Waals surface area contributed by atoms with Crippen molar-refractivity contribution in [2.24, 2.45) is 5.41 Å². The van der Waals surface area contributed by atoms with E-state index in [-0.39, 0.29) is 11.5 Å². The van der Waals surface area contributed by atoms with Gasteiger partial charge in [0.2, 0.25) is 0 Å². The van der Waals surface area contributed by atoms with E-state index in [1.807, 2.05) is 0 Å². The van der Waals surface area contributed by atoms with E-state index in [0.29, 0.717) is 0 Å². The van der Waals surface area contributed by atoms with Crippen LogP contribution in [0, 0.1) is 5.41 Å². The van der Waals surface area contributed by atoms with Crippen LogP contribution in [0.2, 0.25) is 25.7 Å². The van der Waals surface area contributed by atoms with Crippen molar-refractivity contribution in [1.29, 1.82) is 0 Å². The zero-order chi connectivity index (χ0) is 13.3. The van der Waals surface area contributed by atoms with Crippen LogP contribution in [0.15, 0.2) is 11.6 Å². The van der Waals surface area contributed by atoms with Crippen LogP contribution in [0.5, 0.6) is 0 Å². The number of carbonyl (C=O) groups excluding carboxylic acids is 1. The lowest BCUT2D eigenvalue weighted by Gasteiger charge is -2.22. The number of methoxy groups -OCH3 is 1. The molecule has 1 aliphatic rings. The number of carbonyl (C=O) groups is 1. The molecule has 0 spiro atoms. The van der Waals surface area contributed by atoms with Gasteiger partial charge in [-0.25, -0.2) is 4.79 Å². The second kappa shape index (κ2) is 4.84. The Morgan fingerprint density at radius 3 is 2.53 bits per heavy atom. The Kier molecular flexibility index (Phi) is 4.07. The summed E-state index contributed by atoms with van der Waals surface area (Å²) in [4.78, 5) is 11.2. The van der Waals surface area contributed by atoms with Gasteiger partial charge in [-0.05, 0) is 23.5 Å². The zero-order valence-corrected chi connectivity index (χ0v) is 12.8. The molecular weight excluding hydrogens is 232 g/mol. The fourth-order valence-corrected chi connectivity index (χ4v) is 3.88. The zero-order valence-electron chi connectivity index (χ0n) is 11.8. The highest BCUT2D eigenvalue weighted by atomic mass is 28.3. The fourth-order valence-electron chi connectivity index (χ4n) is 2.32. The Morgan fingerprint density at radius 2 is 2.06 bits per heavy atom. The molecule has 0 saturated carbocycles. The van der Waals surface area contributed by atoms with E-state index in [1.54, 1.807) is 0 Å². The molecule has 1 aliphatic carbocycles. The van der Waals surface area contributed by atoms with Crippen molar-refractivity contribution in [3.63, 3.8) is 0 Å². The number of rotatable bonds is 3. The molecule has 0 fully saturated rings. The fraction of sp³-hybridized carbons (Fsp3) is 0.769. The quantitative estimate of drug-likeness (QED) is 0.437. The molecule has 0 aliphatic heterocycles. The van der Waals surface area contributed by atoms with Crippen LogP contribution < -0.4 is 0 Å². The predicted molar refractivity (Wildman–Crippen MR) is 71.9 cm³/mol. The summed E-state index contributed by atoms with van der Waals surface area (Å²) in [6.07, 6.45) is 2.47. The van der Waals surface area contributed by atoms with Crippen molar-refractivity contribution in [1.82, 2.24) is 0 Å². The van der Waals surface area contributed by atoms with Gasteiger partial charge in [-0.2, -0.15) is 0 Å². The van der Waals surface area contributed by atoms with Gasteiger partial charge in [-0.3, -0.25) is 0 Å². The molecule has 0 bridgehead atoms. The highest BCUT2D eigenvalue weighted by Crippen LogP contribution is 2.40. The normalized spacial score (nSPS) is 23.2. The monoisotopic (exact) mass is 256 g/mol. The lowest BCUT2D eigenvalue weighted by molar-refractivity contribution is 0.0436. The summed E-state index contributed by atoms with van der Waals surface area (Å²) in [6.45, 7) is 11.3. The second-order valence-corrected chi connectivity index (χ2v) is 12.2. The van der Waals surface area contributed by atoms with E-state index in [9.17, 15) is 4.79 Å². The third-order valence-electron chi connectivity index (χ3n) is 2.84. The van der Waals surface area contributed by atoms with Crippen LogP contribution in [0.1, 0.15) is 20.3 Å². The van der Waals surface area contributed by atoms with Crippen molar-refractivity contribution in [3.05, 3.63) is 11.6 Å². The molecule has 17 heavy (non-hydrogen) atoms. The summed E-state index contributed by atoms with van der Waals surface area (Å²) >= 11 is 0. The first-order valence-corrected chi connectivity index (χ1v) is 9.80. The van der Waals surface area contributed by atoms with Gasteiger partial charge >= 0.3 is 6.16 Å². The van der Waals surface area contributed by atoms with Crippen molar-refractivity contribution in [2.45, 2.75) is 52.1 Å². The van der Waals surface area contributed by atoms with Crippen molar-refractivity contribution >= 4 is 14.2 Å². The number of allylic oxidation sites excluding steroid dienone is 1. The average Bonchev–Trinajstić information content (AvgIpc) is 2.37. The molecule has 0 heterocycles. The van der Waals surface area contributed by atoms with Gasteiger partial charge in [-0.1, -0.05) is 39.6 Å². The summed E-state index contributed by atoms with van der Waals surface area (Å²) in [5, 5.41) is 0. The Hall–Kier alpha value is -0.773. The smallest absolute Gasteiger partial charge is 0.438 e. The minimum Gasteiger partial charge on any atom is -0.438 e. The Labute approximate surface area is 105 Å². The standard InChI is InChI=1S/C13H24O3Si/c1-13(2)7-10(9-17(4,5)6)11(8-13)16-12(14)15-3/h7,11H,8-9H2,1-6H3. The summed E-state index contributed by atoms with van der Waals surface area (Å²) in [7, 11) is 0.163. The van der Waals surface area contributed by atoms with Gasteiger partial charge in [0.05, 0.1) is 7.11 Å². The van der Waals surface area contributed by atoms with Crippen LogP contribution in [0.25, 0.3) is 0 Å². The molecule has 0 radical (unpaired) electrons. The molecule has 0 aromatic carbocycles. The third kappa shape index (κ3) is 4.54. The highest BCUT2D eigenvalue weighted by molar-refractivity contribution is 6.76. The summed E-state index contributed by atoms with van der Waals surface area (Å²) < 4.78 is 9.93. The molecule has 1 atom stereocenters. The second-order valence-electron chi connectivity index (χ2n) is 6.71. The minimum absolute atomic E-state index is 0.0934. The van der Waals surface area contributed by atoms with Crippen LogP contribution >= 0.6 is 0 Å². The molecule has 1 unspecified atom stereocenters. The van der Waals surface area contributed by atoms with E-state index in [0.717, 1.165) is 12.5 Å². The number of ether oxygens (including phenoxy) is 2. The largest absolute Gasteiger partial charge is 0.508 e. The Bertz CT molecular complexity index is 326. The first-order chi connectivity index (χ1) is 7.63. The molecule has 1 rings (SSSR count). The molecule has 3 nitrogen and oxygen atoms in total. The summed E-state index contributed by atoms with van der Waals surface area (Å²) in [6, 6.07) is 1.08. The number of hydrogen-bond acceptors (Lipinski definition) is 3. The summed E-state index contributed by atoms with van der Waals surface area (Å²) in [5.41, 5.74) is 1.40. The topological polar surface area (TPSA) is 35.5 Å². The Balaban J connectivity index is 2.77. The molecule has 4 heteroatoms. The minimum atomic E-state index is -1.19. The van der Waals surface area contributed by atoms with Gasteiger partial charge in [0, 0.05) is 8.07 Å². The maximum Gasteiger partial charge on any atom is 0.508 e. The van der Waals surface area contributed by atoms with Gasteiger partial charge in [0.25, 0.3) is 0 Å². The molecule has 0 aromatic rings. The van der Waals surface area contributed by atoms with Crippen LogP contribution in [0.4, 0.5) is 4.79 Å². The van der Waals surface area contributed by atoms with Gasteiger partial charge < -0.3 is 9.47 Å². The first kappa shape index (κ1) is 14.3. The molecule has 98 valence electrons. The van der Waals surface area contributed by atoms with Crippen molar-refractivity contribution in [3.8, 4) is 0 Å². The van der Waals surface area contributed by atoms with E-state index in [4.69, 9.17) is 4.74 Å². The summed E-state index contributed by atoms with van der Waals surface area (Å²) in [5.74, 6) is 0. The third-order valence-corrected chi connectivity index (χ3v) is 4.31. The van der Waals surface area contributed by atoms with E-state index < -0.39 is 14.2 Å². The van der Waals surface area contributed by atoms with E-state index in [1.165, 1.54) is 12.7 Å². The van der Waals surface area contributed by atoms with E-state index in [2.05, 4.69) is 44.3 Å². The lowest BCUT2D eigenvalue weighted by atomic mass is 9.93. The molecular formula is C13H24O3Si. The maximum absolute atomic E-state index is 11.2. The first-order valence-electron chi connectivity index (χ1n) is 6.09. The van der Waals surface area contributed by atoms with Crippen LogP contribution in [-0.4, -0.2) is 27.4 Å². The lowest BCUT2D eigenvalue weighted by Crippen LogP contribution is -2.26. The molecule has 0 N–H and O–H groups in total. The highest BCUT2D eigenvalue weighted by Gasteiger charge is 2.36. The van der Waals surface area contributed by atoms with Crippen molar-refractivity contribution in [2.75, 3.05) is 7.11 Å². The Morgan fingerprint density at radius 1 is 1.47 bits per heavy atom. The number of hydrogen-bond donors (Lipinski definition) is 0. The van der Waals surface area contributed by atoms with Gasteiger partial charge in [-0.15, -0.1) is 0 Å². The van der Waals surface area contributed by atoms with Crippen LogP contribution in [-0.2, 0) is 9.47 Å². The van der Waals surface area contributed by atoms with E-state index >= 15 is 0 Å². The molecule has 0 saturated heterocycles.